The van der Waals surface area contributed by atoms with Crippen LogP contribution in [0.15, 0.2) is 30.6 Å². The van der Waals surface area contributed by atoms with Crippen molar-refractivity contribution in [1.82, 2.24) is 9.97 Å². The molecule has 2 N–H and O–H groups in total. The van der Waals surface area contributed by atoms with E-state index < -0.39 is 11.7 Å². The van der Waals surface area contributed by atoms with Crippen LogP contribution in [-0.2, 0) is 6.18 Å². The summed E-state index contributed by atoms with van der Waals surface area (Å²) >= 11 is 5.87. The predicted octanol–water partition coefficient (Wildman–Crippen LogP) is 3.40. The van der Waals surface area contributed by atoms with Gasteiger partial charge >= 0.3 is 6.18 Å². The Labute approximate surface area is 105 Å². The third-order valence-corrected chi connectivity index (χ3v) is 2.61. The molecule has 0 aliphatic heterocycles. The standard InChI is InChI=1S/C11H7ClF3N3/c12-9-2-1-7(11(13,14)15)3-8(9)6-4-17-10(16)18-5-6/h1-5H,(H2,16,17,18). The fraction of sp³-hybridized carbons (Fsp3) is 0.0909. The minimum Gasteiger partial charge on any atom is -0.368 e. The third-order valence-electron chi connectivity index (χ3n) is 2.28. The van der Waals surface area contributed by atoms with Gasteiger partial charge in [-0.25, -0.2) is 9.97 Å². The number of nitrogens with zero attached hydrogens (tertiary/aromatic N) is 2. The van der Waals surface area contributed by atoms with Crippen LogP contribution in [0, 0.1) is 0 Å². The van der Waals surface area contributed by atoms with Gasteiger partial charge in [-0.1, -0.05) is 11.6 Å². The minimum atomic E-state index is -4.42. The third kappa shape index (κ3) is 2.53. The molecule has 0 bridgehead atoms. The van der Waals surface area contributed by atoms with Crippen molar-refractivity contribution in [3.05, 3.63) is 41.2 Å². The number of aromatic nitrogens is 2. The summed E-state index contributed by atoms with van der Waals surface area (Å²) in [5.41, 5.74) is 5.12. The molecule has 0 amide bonds. The average molecular weight is 274 g/mol. The van der Waals surface area contributed by atoms with Gasteiger partial charge in [0.05, 0.1) is 5.56 Å². The number of alkyl halides is 3. The second kappa shape index (κ2) is 4.45. The van der Waals surface area contributed by atoms with Gasteiger partial charge in [0.15, 0.2) is 0 Å². The van der Waals surface area contributed by atoms with Gasteiger partial charge < -0.3 is 5.73 Å². The summed E-state index contributed by atoms with van der Waals surface area (Å²) in [7, 11) is 0. The summed E-state index contributed by atoms with van der Waals surface area (Å²) in [6.45, 7) is 0. The van der Waals surface area contributed by atoms with Crippen molar-refractivity contribution >= 4 is 17.5 Å². The van der Waals surface area contributed by atoms with Crippen molar-refractivity contribution in [3.63, 3.8) is 0 Å². The molecule has 1 aromatic carbocycles. The van der Waals surface area contributed by atoms with E-state index in [0.717, 1.165) is 12.1 Å². The number of nitrogen functional groups attached to an aromatic ring is 1. The van der Waals surface area contributed by atoms with Crippen LogP contribution in [0.1, 0.15) is 5.56 Å². The molecule has 0 aliphatic carbocycles. The van der Waals surface area contributed by atoms with E-state index in [1.807, 2.05) is 0 Å². The molecular formula is C11H7ClF3N3. The van der Waals surface area contributed by atoms with Gasteiger partial charge in [0.2, 0.25) is 5.95 Å². The molecule has 0 saturated carbocycles. The number of hydrogen-bond acceptors (Lipinski definition) is 3. The van der Waals surface area contributed by atoms with Crippen molar-refractivity contribution in [2.24, 2.45) is 0 Å². The zero-order chi connectivity index (χ0) is 13.3. The summed E-state index contributed by atoms with van der Waals surface area (Å²) in [5, 5.41) is 0.191. The second-order valence-corrected chi connectivity index (χ2v) is 3.93. The number of hydrogen-bond donors (Lipinski definition) is 1. The molecule has 1 aromatic heterocycles. The highest BCUT2D eigenvalue weighted by molar-refractivity contribution is 6.33. The Bertz CT molecular complexity index is 567. The lowest BCUT2D eigenvalue weighted by Crippen LogP contribution is -2.05. The van der Waals surface area contributed by atoms with Crippen molar-refractivity contribution in [1.29, 1.82) is 0 Å². The van der Waals surface area contributed by atoms with E-state index in [4.69, 9.17) is 17.3 Å². The Morgan fingerprint density at radius 2 is 1.72 bits per heavy atom. The Balaban J connectivity index is 2.53. The fourth-order valence-electron chi connectivity index (χ4n) is 1.40. The van der Waals surface area contributed by atoms with Crippen LogP contribution in [0.3, 0.4) is 0 Å². The van der Waals surface area contributed by atoms with Crippen molar-refractivity contribution < 1.29 is 13.2 Å². The molecule has 1 heterocycles. The van der Waals surface area contributed by atoms with Gasteiger partial charge in [0, 0.05) is 28.5 Å². The van der Waals surface area contributed by atoms with Crippen molar-refractivity contribution in [2.75, 3.05) is 5.73 Å². The lowest BCUT2D eigenvalue weighted by atomic mass is 10.1. The first kappa shape index (κ1) is 12.6. The molecule has 0 fully saturated rings. The van der Waals surface area contributed by atoms with Crippen LogP contribution in [0.5, 0.6) is 0 Å². The number of benzene rings is 1. The van der Waals surface area contributed by atoms with Gasteiger partial charge in [0.1, 0.15) is 0 Å². The Hall–Kier alpha value is -1.82. The maximum Gasteiger partial charge on any atom is 0.416 e. The molecule has 2 rings (SSSR count). The molecule has 0 atom stereocenters. The highest BCUT2D eigenvalue weighted by atomic mass is 35.5. The predicted molar refractivity (Wildman–Crippen MR) is 61.9 cm³/mol. The normalized spacial score (nSPS) is 11.6. The van der Waals surface area contributed by atoms with Gasteiger partial charge in [-0.2, -0.15) is 13.2 Å². The topological polar surface area (TPSA) is 51.8 Å². The van der Waals surface area contributed by atoms with Crippen LogP contribution in [0.25, 0.3) is 11.1 Å². The molecule has 0 radical (unpaired) electrons. The van der Waals surface area contributed by atoms with E-state index in [9.17, 15) is 13.2 Å². The highest BCUT2D eigenvalue weighted by Gasteiger charge is 2.31. The number of halogens is 4. The quantitative estimate of drug-likeness (QED) is 0.866. The molecule has 0 spiro atoms. The maximum atomic E-state index is 12.6. The summed E-state index contributed by atoms with van der Waals surface area (Å²) < 4.78 is 37.8. The summed E-state index contributed by atoms with van der Waals surface area (Å²) in [5.74, 6) is 0.0434. The zero-order valence-corrected chi connectivity index (χ0v) is 9.63. The van der Waals surface area contributed by atoms with Gasteiger partial charge in [-0.3, -0.25) is 0 Å². The number of rotatable bonds is 1. The smallest absolute Gasteiger partial charge is 0.368 e. The first-order valence-electron chi connectivity index (χ1n) is 4.82. The van der Waals surface area contributed by atoms with Crippen LogP contribution >= 0.6 is 11.6 Å². The minimum absolute atomic E-state index is 0.0434. The van der Waals surface area contributed by atoms with Gasteiger partial charge in [0.25, 0.3) is 0 Å². The second-order valence-electron chi connectivity index (χ2n) is 3.52. The lowest BCUT2D eigenvalue weighted by molar-refractivity contribution is -0.137. The first-order valence-corrected chi connectivity index (χ1v) is 5.20. The van der Waals surface area contributed by atoms with Crippen molar-refractivity contribution in [2.45, 2.75) is 6.18 Å². The van der Waals surface area contributed by atoms with Crippen LogP contribution < -0.4 is 5.73 Å². The number of nitrogens with two attached hydrogens (primary N) is 1. The number of anilines is 1. The van der Waals surface area contributed by atoms with Gasteiger partial charge in [-0.15, -0.1) is 0 Å². The van der Waals surface area contributed by atoms with Crippen molar-refractivity contribution in [3.8, 4) is 11.1 Å². The van der Waals surface area contributed by atoms with Crippen LogP contribution in [0.4, 0.5) is 19.1 Å². The van der Waals surface area contributed by atoms with E-state index >= 15 is 0 Å². The SMILES string of the molecule is Nc1ncc(-c2cc(C(F)(F)F)ccc2Cl)cn1. The zero-order valence-electron chi connectivity index (χ0n) is 8.87. The Morgan fingerprint density at radius 3 is 2.28 bits per heavy atom. The molecule has 18 heavy (non-hydrogen) atoms. The monoisotopic (exact) mass is 273 g/mol. The van der Waals surface area contributed by atoms with Crippen LogP contribution in [0.2, 0.25) is 5.02 Å². The molecule has 94 valence electrons. The molecule has 0 saturated heterocycles. The Kier molecular flexibility index (Phi) is 3.13. The first-order chi connectivity index (χ1) is 8.38. The fourth-order valence-corrected chi connectivity index (χ4v) is 1.63. The Morgan fingerprint density at radius 1 is 1.11 bits per heavy atom. The van der Waals surface area contributed by atoms with E-state index in [1.165, 1.54) is 18.5 Å². The summed E-state index contributed by atoms with van der Waals surface area (Å²) in [4.78, 5) is 7.43. The lowest BCUT2D eigenvalue weighted by Gasteiger charge is -2.10. The molecule has 0 unspecified atom stereocenters. The molecule has 7 heteroatoms. The van der Waals surface area contributed by atoms with E-state index in [1.54, 1.807) is 0 Å². The summed E-state index contributed by atoms with van der Waals surface area (Å²) in [6, 6.07) is 3.07. The maximum absolute atomic E-state index is 12.6. The largest absolute Gasteiger partial charge is 0.416 e. The van der Waals surface area contributed by atoms with E-state index in [2.05, 4.69) is 9.97 Å². The summed E-state index contributed by atoms with van der Waals surface area (Å²) in [6.07, 6.45) is -1.78. The molecule has 0 aliphatic rings. The molecule has 3 nitrogen and oxygen atoms in total. The van der Waals surface area contributed by atoms with Crippen LogP contribution in [-0.4, -0.2) is 9.97 Å². The molecular weight excluding hydrogens is 267 g/mol. The van der Waals surface area contributed by atoms with E-state index in [0.29, 0.717) is 5.56 Å². The van der Waals surface area contributed by atoms with E-state index in [-0.39, 0.29) is 16.5 Å². The average Bonchev–Trinajstić information content (AvgIpc) is 2.29. The highest BCUT2D eigenvalue weighted by Crippen LogP contribution is 2.35. The molecule has 2 aromatic rings. The van der Waals surface area contributed by atoms with Gasteiger partial charge in [-0.05, 0) is 18.2 Å².